The molecule has 0 unspecified atom stereocenters. The molecule has 0 fully saturated rings. The van der Waals surface area contributed by atoms with Crippen molar-refractivity contribution in [3.05, 3.63) is 0 Å². The Morgan fingerprint density at radius 2 is 1.17 bits per heavy atom. The van der Waals surface area contributed by atoms with Gasteiger partial charge in [-0.05, 0) is 0 Å². The summed E-state index contributed by atoms with van der Waals surface area (Å²) in [5.74, 6) is 0. The van der Waals surface area contributed by atoms with Gasteiger partial charge in [-0.15, -0.1) is 9.10 Å². The zero-order valence-electron chi connectivity index (χ0n) is 9.07. The zero-order valence-corrected chi connectivity index (χ0v) is 10.5. The smallest absolute Gasteiger partial charge is 0.146 e. The van der Waals surface area contributed by atoms with Crippen molar-refractivity contribution in [2.75, 3.05) is 0 Å². The summed E-state index contributed by atoms with van der Waals surface area (Å²) in [7, 11) is 0. The fourth-order valence-corrected chi connectivity index (χ4v) is 3.33. The van der Waals surface area contributed by atoms with E-state index in [0.29, 0.717) is 20.4 Å². The van der Waals surface area contributed by atoms with Crippen molar-refractivity contribution in [3.8, 4) is 0 Å². The summed E-state index contributed by atoms with van der Waals surface area (Å²) in [5, 5.41) is 0. The minimum Gasteiger partial charge on any atom is -0.146 e. The van der Waals surface area contributed by atoms with E-state index in [1.807, 2.05) is 0 Å². The molecule has 0 aromatic heterocycles. The molecule has 0 saturated carbocycles. The molecule has 0 nitrogen and oxygen atoms in total. The molecular weight excluding hydrogens is 156 g/mol. The normalized spacial score (nSPS) is 9.83. The molecule has 0 aliphatic carbocycles. The fraction of sp³-hybridized carbons (Fsp3) is 1.00. The van der Waals surface area contributed by atoms with Crippen molar-refractivity contribution in [1.29, 1.82) is 0 Å². The van der Waals surface area contributed by atoms with Crippen LogP contribution in [0.25, 0.3) is 0 Å². The van der Waals surface area contributed by atoms with E-state index in [1.54, 1.807) is 9.10 Å². The average molecular weight is 181 g/mol. The second kappa shape index (κ2) is 11.8. The predicted molar refractivity (Wildman–Crippen MR) is 59.0 cm³/mol. The van der Waals surface area contributed by atoms with Gasteiger partial charge < -0.3 is 0 Å². The Balaban J connectivity index is 2.73. The molecule has 0 atom stereocenters. The monoisotopic (exact) mass is 180 g/mol. The molecule has 0 bridgehead atoms. The van der Waals surface area contributed by atoms with Crippen LogP contribution in [0, 0.1) is 0 Å². The van der Waals surface area contributed by atoms with E-state index in [2.05, 4.69) is 13.8 Å². The maximum absolute atomic E-state index is 2.29. The summed E-state index contributed by atoms with van der Waals surface area (Å²) < 4.78 is 3.23. The molecule has 0 spiro atoms. The maximum atomic E-state index is 2.29. The summed E-state index contributed by atoms with van der Waals surface area (Å²) in [6.07, 6.45) is 10.3. The Bertz CT molecular complexity index is 61.4. The second-order valence-electron chi connectivity index (χ2n) is 3.83. The summed E-state index contributed by atoms with van der Waals surface area (Å²) in [5.41, 5.74) is 0. The van der Waals surface area contributed by atoms with Crippen LogP contribution in [0.5, 0.6) is 0 Å². The van der Waals surface area contributed by atoms with Crippen LogP contribution in [0.4, 0.5) is 0 Å². The Labute approximate surface area is 88.2 Å². The molecule has 1 heteroatoms. The molecule has 0 aromatic rings. The van der Waals surface area contributed by atoms with E-state index in [4.69, 9.17) is 0 Å². The highest BCUT2D eigenvalue weighted by atomic mass is 24.5. The molecule has 0 rings (SSSR count). The number of hydrogen-bond donors (Lipinski definition) is 0. The van der Waals surface area contributed by atoms with Gasteiger partial charge in [-0.3, -0.25) is 0 Å². The van der Waals surface area contributed by atoms with E-state index >= 15 is 0 Å². The van der Waals surface area contributed by atoms with Crippen LogP contribution in [0.3, 0.4) is 0 Å². The summed E-state index contributed by atoms with van der Waals surface area (Å²) >= 11 is 0.363. The zero-order chi connectivity index (χ0) is 9.07. The Hall–Kier alpha value is 0.766. The summed E-state index contributed by atoms with van der Waals surface area (Å²) in [6.45, 7) is 4.58. The molecule has 0 radical (unpaired) electrons. The van der Waals surface area contributed by atoms with Crippen molar-refractivity contribution in [2.45, 2.75) is 67.9 Å². The van der Waals surface area contributed by atoms with Gasteiger partial charge in [-0.1, -0.05) is 58.8 Å². The second-order valence-corrected chi connectivity index (χ2v) is 5.95. The Morgan fingerprint density at radius 1 is 0.667 bits per heavy atom. The van der Waals surface area contributed by atoms with Crippen molar-refractivity contribution >= 4 is 20.4 Å². The topological polar surface area (TPSA) is 0 Å². The third-order valence-electron chi connectivity index (χ3n) is 2.46. The molecule has 0 aliphatic rings. The number of rotatable bonds is 9. The molecule has 0 N–H and O–H groups in total. The summed E-state index contributed by atoms with van der Waals surface area (Å²) in [6, 6.07) is 0. The van der Waals surface area contributed by atoms with Crippen LogP contribution in [0.2, 0.25) is 9.10 Å². The first kappa shape index (κ1) is 12.8. The first-order chi connectivity index (χ1) is 5.91. The van der Waals surface area contributed by atoms with Crippen LogP contribution >= 0.6 is 0 Å². The molecule has 0 amide bonds. The van der Waals surface area contributed by atoms with Gasteiger partial charge in [0.15, 0.2) is 0 Å². The van der Waals surface area contributed by atoms with E-state index in [0.717, 1.165) is 0 Å². The van der Waals surface area contributed by atoms with E-state index in [-0.39, 0.29) is 0 Å². The number of hydrogen-bond acceptors (Lipinski definition) is 0. The van der Waals surface area contributed by atoms with Crippen LogP contribution in [-0.2, 0) is 0 Å². The fourth-order valence-electron chi connectivity index (χ4n) is 1.56. The van der Waals surface area contributed by atoms with Gasteiger partial charge in [-0.25, -0.2) is 0 Å². The van der Waals surface area contributed by atoms with E-state index in [1.165, 1.54) is 44.9 Å². The van der Waals surface area contributed by atoms with Gasteiger partial charge >= 0.3 is 20.4 Å². The van der Waals surface area contributed by atoms with E-state index < -0.39 is 0 Å². The third kappa shape index (κ3) is 10.8. The van der Waals surface area contributed by atoms with Crippen LogP contribution in [0.1, 0.15) is 58.8 Å². The molecular formula is C11H24Mg. The standard InChI is InChI=1S/C6H13.C5H11.Mg/c1-3-5-6-4-2;1-3-5-4-2;/h1,3-6H2,2H3;1,3-5H2,2H3;. The van der Waals surface area contributed by atoms with Gasteiger partial charge in [0.05, 0.1) is 0 Å². The quantitative estimate of drug-likeness (QED) is 0.367. The average Bonchev–Trinajstić information content (AvgIpc) is 2.10. The van der Waals surface area contributed by atoms with Gasteiger partial charge in [0.1, 0.15) is 0 Å². The minimum absolute atomic E-state index is 0.363. The SMILES string of the molecule is CCCCC[CH2][Mg][CH2]CCCC. The lowest BCUT2D eigenvalue weighted by molar-refractivity contribution is 0.698. The molecule has 0 aromatic carbocycles. The minimum atomic E-state index is 0.363. The molecule has 0 aliphatic heterocycles. The highest BCUT2D eigenvalue weighted by Gasteiger charge is 1.94. The lowest BCUT2D eigenvalue weighted by atomic mass is 10.2. The van der Waals surface area contributed by atoms with Crippen LogP contribution in [-0.4, -0.2) is 20.4 Å². The lowest BCUT2D eigenvalue weighted by Gasteiger charge is -1.98. The summed E-state index contributed by atoms with van der Waals surface area (Å²) in [4.78, 5) is 0. The predicted octanol–water partition coefficient (Wildman–Crippen LogP) is 4.30. The van der Waals surface area contributed by atoms with Crippen molar-refractivity contribution in [1.82, 2.24) is 0 Å². The highest BCUT2D eigenvalue weighted by molar-refractivity contribution is 6.35. The van der Waals surface area contributed by atoms with E-state index in [9.17, 15) is 0 Å². The number of unbranched alkanes of at least 4 members (excludes halogenated alkanes) is 5. The largest absolute Gasteiger partial charge is 0.364 e. The van der Waals surface area contributed by atoms with Crippen LogP contribution in [0.15, 0.2) is 0 Å². The van der Waals surface area contributed by atoms with Gasteiger partial charge in [0.25, 0.3) is 0 Å². The van der Waals surface area contributed by atoms with Crippen molar-refractivity contribution < 1.29 is 0 Å². The van der Waals surface area contributed by atoms with Gasteiger partial charge in [0.2, 0.25) is 0 Å². The van der Waals surface area contributed by atoms with Crippen LogP contribution < -0.4 is 0 Å². The first-order valence-corrected chi connectivity index (χ1v) is 7.91. The maximum Gasteiger partial charge on any atom is 0.364 e. The third-order valence-corrected chi connectivity index (χ3v) is 4.46. The first-order valence-electron chi connectivity index (χ1n) is 5.91. The molecule has 0 heterocycles. The molecule has 12 heavy (non-hydrogen) atoms. The lowest BCUT2D eigenvalue weighted by Crippen LogP contribution is -1.89. The van der Waals surface area contributed by atoms with Gasteiger partial charge in [-0.2, -0.15) is 0 Å². The molecule has 70 valence electrons. The van der Waals surface area contributed by atoms with Gasteiger partial charge in [0, 0.05) is 0 Å². The van der Waals surface area contributed by atoms with Crippen molar-refractivity contribution in [2.24, 2.45) is 0 Å². The molecule has 0 saturated heterocycles. The Morgan fingerprint density at radius 3 is 1.75 bits per heavy atom. The van der Waals surface area contributed by atoms with Crippen molar-refractivity contribution in [3.63, 3.8) is 0 Å². The highest BCUT2D eigenvalue weighted by Crippen LogP contribution is 2.05. The Kier molecular flexibility index (Phi) is 12.5.